The Morgan fingerprint density at radius 3 is 2.80 bits per heavy atom. The molecular formula is C15H19N5. The van der Waals surface area contributed by atoms with Crippen molar-refractivity contribution in [3.05, 3.63) is 34.9 Å². The van der Waals surface area contributed by atoms with Crippen molar-refractivity contribution in [2.45, 2.75) is 27.2 Å². The normalized spacial score (nSPS) is 10.3. The lowest BCUT2D eigenvalue weighted by Gasteiger charge is -2.08. The predicted octanol–water partition coefficient (Wildman–Crippen LogP) is 2.76. The number of anilines is 2. The summed E-state index contributed by atoms with van der Waals surface area (Å²) in [5.74, 6) is 0.924. The maximum atomic E-state index is 9.26. The maximum absolute atomic E-state index is 9.26. The summed E-state index contributed by atoms with van der Waals surface area (Å²) in [4.78, 5) is 0. The lowest BCUT2D eigenvalue weighted by Crippen LogP contribution is -2.05. The van der Waals surface area contributed by atoms with Crippen molar-refractivity contribution in [2.24, 2.45) is 0 Å². The van der Waals surface area contributed by atoms with Crippen molar-refractivity contribution >= 4 is 11.6 Å². The lowest BCUT2D eigenvalue weighted by atomic mass is 10.1. The Kier molecular flexibility index (Phi) is 3.94. The van der Waals surface area contributed by atoms with E-state index in [1.807, 2.05) is 32.0 Å². The van der Waals surface area contributed by atoms with Crippen molar-refractivity contribution in [1.82, 2.24) is 9.78 Å². The molecule has 0 atom stereocenters. The monoisotopic (exact) mass is 269 g/mol. The molecule has 0 aliphatic rings. The average Bonchev–Trinajstić information content (AvgIpc) is 2.75. The largest absolute Gasteiger partial charge is 0.382 e. The van der Waals surface area contributed by atoms with Gasteiger partial charge in [0.1, 0.15) is 17.5 Å². The van der Waals surface area contributed by atoms with Gasteiger partial charge < -0.3 is 11.1 Å². The highest BCUT2D eigenvalue weighted by Gasteiger charge is 2.17. The molecule has 0 amide bonds. The number of hydrogen-bond donors (Lipinski definition) is 2. The zero-order valence-corrected chi connectivity index (χ0v) is 12.1. The van der Waals surface area contributed by atoms with Gasteiger partial charge in [0.05, 0.1) is 5.69 Å². The molecule has 0 fully saturated rings. The smallest absolute Gasteiger partial charge is 0.168 e. The van der Waals surface area contributed by atoms with Crippen molar-refractivity contribution < 1.29 is 0 Å². The van der Waals surface area contributed by atoms with Crippen molar-refractivity contribution in [3.63, 3.8) is 0 Å². The van der Waals surface area contributed by atoms with E-state index in [-0.39, 0.29) is 0 Å². The molecule has 5 nitrogen and oxygen atoms in total. The molecule has 0 bridgehead atoms. The highest BCUT2D eigenvalue weighted by Crippen LogP contribution is 2.26. The summed E-state index contributed by atoms with van der Waals surface area (Å²) < 4.78 is 1.64. The van der Waals surface area contributed by atoms with Crippen LogP contribution in [-0.2, 0) is 0 Å². The molecule has 20 heavy (non-hydrogen) atoms. The molecule has 3 N–H and O–H groups in total. The second-order valence-corrected chi connectivity index (χ2v) is 4.85. The number of aromatic nitrogens is 2. The summed E-state index contributed by atoms with van der Waals surface area (Å²) in [6.07, 6.45) is 0.959. The van der Waals surface area contributed by atoms with Crippen LogP contribution < -0.4 is 11.1 Å². The number of aryl methyl sites for hydroxylation is 2. The Bertz CT molecular complexity index is 664. The van der Waals surface area contributed by atoms with Crippen molar-refractivity contribution in [2.75, 3.05) is 17.6 Å². The van der Waals surface area contributed by atoms with Gasteiger partial charge in [-0.3, -0.25) is 0 Å². The Balaban J connectivity index is 2.55. The van der Waals surface area contributed by atoms with E-state index in [0.29, 0.717) is 17.2 Å². The molecule has 0 saturated heterocycles. The molecule has 2 rings (SSSR count). The van der Waals surface area contributed by atoms with E-state index in [0.717, 1.165) is 29.8 Å². The van der Waals surface area contributed by atoms with Crippen LogP contribution in [0.5, 0.6) is 0 Å². The molecule has 0 radical (unpaired) electrons. The molecule has 0 unspecified atom stereocenters. The van der Waals surface area contributed by atoms with Gasteiger partial charge >= 0.3 is 0 Å². The third-order valence-electron chi connectivity index (χ3n) is 3.17. The molecule has 104 valence electrons. The predicted molar refractivity (Wildman–Crippen MR) is 80.9 cm³/mol. The van der Waals surface area contributed by atoms with Gasteiger partial charge in [0, 0.05) is 6.54 Å². The van der Waals surface area contributed by atoms with Gasteiger partial charge in [0.15, 0.2) is 5.82 Å². The van der Waals surface area contributed by atoms with Crippen LogP contribution >= 0.6 is 0 Å². The van der Waals surface area contributed by atoms with E-state index in [2.05, 4.69) is 23.4 Å². The average molecular weight is 269 g/mol. The van der Waals surface area contributed by atoms with E-state index in [1.165, 1.54) is 0 Å². The quantitative estimate of drug-likeness (QED) is 0.894. The number of nitrogens with zero attached hydrogens (tertiary/aromatic N) is 3. The Morgan fingerprint density at radius 2 is 2.15 bits per heavy atom. The fraction of sp³-hybridized carbons (Fsp3) is 0.333. The summed E-state index contributed by atoms with van der Waals surface area (Å²) in [5, 5.41) is 16.9. The summed E-state index contributed by atoms with van der Waals surface area (Å²) in [6.45, 7) is 6.84. The summed E-state index contributed by atoms with van der Waals surface area (Å²) in [5.41, 5.74) is 9.58. The van der Waals surface area contributed by atoms with Gasteiger partial charge in [-0.25, -0.2) is 4.68 Å². The van der Waals surface area contributed by atoms with Gasteiger partial charge in [0.25, 0.3) is 0 Å². The van der Waals surface area contributed by atoms with Crippen LogP contribution in [-0.4, -0.2) is 16.3 Å². The minimum Gasteiger partial charge on any atom is -0.382 e. The first-order valence-corrected chi connectivity index (χ1v) is 6.68. The number of nitriles is 1. The van der Waals surface area contributed by atoms with E-state index in [4.69, 9.17) is 5.73 Å². The van der Waals surface area contributed by atoms with Gasteiger partial charge in [0.2, 0.25) is 0 Å². The van der Waals surface area contributed by atoms with Crippen LogP contribution in [0, 0.1) is 25.2 Å². The number of nitrogens with one attached hydrogen (secondary N) is 1. The van der Waals surface area contributed by atoms with Crippen LogP contribution in [0.2, 0.25) is 0 Å². The molecule has 0 aliphatic carbocycles. The molecule has 2 aromatic rings. The number of rotatable bonds is 4. The summed E-state index contributed by atoms with van der Waals surface area (Å²) in [6, 6.07) is 8.21. The SMILES string of the molecule is CCCNc1nn(-c2cc(C)ccc2C)c(N)c1C#N. The van der Waals surface area contributed by atoms with E-state index in [9.17, 15) is 5.26 Å². The zero-order chi connectivity index (χ0) is 14.7. The van der Waals surface area contributed by atoms with E-state index >= 15 is 0 Å². The van der Waals surface area contributed by atoms with Crippen LogP contribution in [0.3, 0.4) is 0 Å². The molecule has 0 spiro atoms. The second kappa shape index (κ2) is 5.66. The molecule has 1 aromatic carbocycles. The fourth-order valence-corrected chi connectivity index (χ4v) is 2.04. The first-order valence-electron chi connectivity index (χ1n) is 6.68. The number of nitrogens with two attached hydrogens (primary N) is 1. The first-order chi connectivity index (χ1) is 9.58. The number of hydrogen-bond acceptors (Lipinski definition) is 4. The van der Waals surface area contributed by atoms with Gasteiger partial charge in [-0.15, -0.1) is 5.10 Å². The Morgan fingerprint density at radius 1 is 1.40 bits per heavy atom. The maximum Gasteiger partial charge on any atom is 0.168 e. The summed E-state index contributed by atoms with van der Waals surface area (Å²) in [7, 11) is 0. The minimum atomic E-state index is 0.375. The standard InChI is InChI=1S/C15H19N5/c1-4-7-18-15-12(9-16)14(17)20(19-15)13-8-10(2)5-6-11(13)3/h5-6,8H,4,7,17H2,1-3H3,(H,18,19). The van der Waals surface area contributed by atoms with Crippen LogP contribution in [0.15, 0.2) is 18.2 Å². The third kappa shape index (κ3) is 2.45. The molecule has 0 saturated carbocycles. The molecule has 1 heterocycles. The lowest BCUT2D eigenvalue weighted by molar-refractivity contribution is 0.873. The Labute approximate surface area is 119 Å². The highest BCUT2D eigenvalue weighted by atomic mass is 15.3. The third-order valence-corrected chi connectivity index (χ3v) is 3.17. The molecule has 0 aliphatic heterocycles. The summed E-state index contributed by atoms with van der Waals surface area (Å²) >= 11 is 0. The van der Waals surface area contributed by atoms with Gasteiger partial charge in [-0.05, 0) is 37.5 Å². The van der Waals surface area contributed by atoms with Gasteiger partial charge in [-0.1, -0.05) is 19.1 Å². The zero-order valence-electron chi connectivity index (χ0n) is 12.1. The topological polar surface area (TPSA) is 79.7 Å². The number of nitrogen functional groups attached to an aromatic ring is 1. The van der Waals surface area contributed by atoms with Crippen molar-refractivity contribution in [3.8, 4) is 11.8 Å². The molecular weight excluding hydrogens is 250 g/mol. The van der Waals surface area contributed by atoms with Crippen LogP contribution in [0.4, 0.5) is 11.6 Å². The van der Waals surface area contributed by atoms with Gasteiger partial charge in [-0.2, -0.15) is 5.26 Å². The van der Waals surface area contributed by atoms with Crippen LogP contribution in [0.25, 0.3) is 5.69 Å². The number of benzene rings is 1. The first kappa shape index (κ1) is 13.9. The minimum absolute atomic E-state index is 0.375. The molecule has 5 heteroatoms. The van der Waals surface area contributed by atoms with E-state index in [1.54, 1.807) is 4.68 Å². The molecule has 1 aromatic heterocycles. The van der Waals surface area contributed by atoms with Crippen molar-refractivity contribution in [1.29, 1.82) is 5.26 Å². The van der Waals surface area contributed by atoms with E-state index < -0.39 is 0 Å². The fourth-order valence-electron chi connectivity index (χ4n) is 2.04. The van der Waals surface area contributed by atoms with Crippen LogP contribution in [0.1, 0.15) is 30.0 Å². The second-order valence-electron chi connectivity index (χ2n) is 4.85. The highest BCUT2D eigenvalue weighted by molar-refractivity contribution is 5.66. The Hall–Kier alpha value is -2.48.